The van der Waals surface area contributed by atoms with E-state index in [1.54, 1.807) is 7.11 Å². The predicted octanol–water partition coefficient (Wildman–Crippen LogP) is 2.93. The highest BCUT2D eigenvalue weighted by Crippen LogP contribution is 2.30. The molecule has 0 aliphatic rings. The number of anilines is 1. The highest BCUT2D eigenvalue weighted by Gasteiger charge is 2.17. The van der Waals surface area contributed by atoms with E-state index in [0.717, 1.165) is 17.1 Å². The quantitative estimate of drug-likeness (QED) is 0.285. The van der Waals surface area contributed by atoms with Gasteiger partial charge in [-0.15, -0.1) is 0 Å². The van der Waals surface area contributed by atoms with Crippen LogP contribution in [0.15, 0.2) is 29.4 Å². The van der Waals surface area contributed by atoms with E-state index in [1.165, 1.54) is 11.8 Å². The van der Waals surface area contributed by atoms with Crippen LogP contribution in [0.4, 0.5) is 5.82 Å². The van der Waals surface area contributed by atoms with Crippen molar-refractivity contribution in [2.75, 3.05) is 18.3 Å². The number of ether oxygens (including phenoxy) is 1. The van der Waals surface area contributed by atoms with Crippen LogP contribution >= 0.6 is 24.0 Å². The number of aromatic nitrogens is 2. The van der Waals surface area contributed by atoms with Crippen molar-refractivity contribution in [3.63, 3.8) is 0 Å². The van der Waals surface area contributed by atoms with Gasteiger partial charge in [-0.1, -0.05) is 25.6 Å². The molecule has 0 aliphatic carbocycles. The maximum absolute atomic E-state index is 9.64. The van der Waals surface area contributed by atoms with Crippen LogP contribution in [0.5, 0.6) is 5.75 Å². The van der Waals surface area contributed by atoms with E-state index in [1.807, 2.05) is 24.3 Å². The first kappa shape index (κ1) is 19.8. The largest absolute Gasteiger partial charge is 0.497 e. The lowest BCUT2D eigenvalue weighted by Crippen LogP contribution is -2.34. The van der Waals surface area contributed by atoms with Crippen LogP contribution in [0.1, 0.15) is 19.4 Å². The first-order valence-electron chi connectivity index (χ1n) is 7.85. The van der Waals surface area contributed by atoms with Crippen LogP contribution < -0.4 is 21.3 Å². The van der Waals surface area contributed by atoms with Crippen LogP contribution in [-0.2, 0) is 0 Å². The Labute approximate surface area is 162 Å². The number of thioether (sulfide) groups is 1. The van der Waals surface area contributed by atoms with Crippen molar-refractivity contribution in [3.05, 3.63) is 29.8 Å². The van der Waals surface area contributed by atoms with Crippen LogP contribution in [0.3, 0.4) is 0 Å². The average molecular weight is 389 g/mol. The number of nitrogens with two attached hydrogens (primary N) is 1. The molecule has 7 nitrogen and oxygen atoms in total. The molecule has 2 aromatic rings. The van der Waals surface area contributed by atoms with Crippen LogP contribution in [0.2, 0.25) is 0 Å². The molecule has 4 N–H and O–H groups in total. The summed E-state index contributed by atoms with van der Waals surface area (Å²) >= 11 is 6.33. The van der Waals surface area contributed by atoms with Crippen LogP contribution in [0.25, 0.3) is 11.3 Å². The molecule has 0 amide bonds. The summed E-state index contributed by atoms with van der Waals surface area (Å²) < 4.78 is 5.19. The van der Waals surface area contributed by atoms with Gasteiger partial charge in [0.1, 0.15) is 17.4 Å². The second kappa shape index (κ2) is 9.22. The number of nitriles is 1. The van der Waals surface area contributed by atoms with Crippen LogP contribution in [0, 0.1) is 17.2 Å². The van der Waals surface area contributed by atoms with Gasteiger partial charge in [-0.3, -0.25) is 10.9 Å². The second-order valence-corrected chi connectivity index (χ2v) is 7.16. The normalized spacial score (nSPS) is 10.3. The maximum atomic E-state index is 9.64. The Morgan fingerprint density at radius 2 is 2.04 bits per heavy atom. The Morgan fingerprint density at radius 3 is 2.58 bits per heavy atom. The monoisotopic (exact) mass is 388 g/mol. The summed E-state index contributed by atoms with van der Waals surface area (Å²) in [5.41, 5.74) is 12.5. The zero-order valence-corrected chi connectivity index (χ0v) is 16.4. The van der Waals surface area contributed by atoms with Crippen molar-refractivity contribution >= 4 is 34.9 Å². The third kappa shape index (κ3) is 5.21. The number of benzene rings is 1. The number of methoxy groups -OCH3 is 1. The number of hydrogen-bond donors (Lipinski definition) is 3. The lowest BCUT2D eigenvalue weighted by molar-refractivity contribution is 0.415. The van der Waals surface area contributed by atoms with Crippen molar-refractivity contribution in [3.8, 4) is 23.1 Å². The second-order valence-electron chi connectivity index (χ2n) is 5.74. The molecule has 0 saturated heterocycles. The number of nitrogens with zero attached hydrogens (tertiary/aromatic N) is 3. The first-order valence-corrected chi connectivity index (χ1v) is 9.24. The number of hydrogen-bond acceptors (Lipinski definition) is 7. The molecule has 1 heterocycles. The Bertz CT molecular complexity index is 817. The molecule has 0 radical (unpaired) electrons. The summed E-state index contributed by atoms with van der Waals surface area (Å²) in [7, 11) is 1.60. The summed E-state index contributed by atoms with van der Waals surface area (Å²) in [6.45, 7) is 4.24. The SMILES string of the molecule is COc1ccc(-c2nc(SCC(C)C)nc(NNC(N)=S)c2C#N)cc1. The molecule has 0 aliphatic heterocycles. The number of nitrogens with one attached hydrogen (secondary N) is 2. The van der Waals surface area contributed by atoms with Crippen molar-refractivity contribution in [2.45, 2.75) is 19.0 Å². The molecule has 0 spiro atoms. The van der Waals surface area contributed by atoms with Gasteiger partial charge in [0.2, 0.25) is 0 Å². The molecule has 0 atom stereocenters. The van der Waals surface area contributed by atoms with Gasteiger partial charge < -0.3 is 10.5 Å². The first-order chi connectivity index (χ1) is 12.4. The van der Waals surface area contributed by atoms with Gasteiger partial charge in [0.05, 0.1) is 12.8 Å². The molecule has 136 valence electrons. The minimum absolute atomic E-state index is 0.0508. The molecule has 26 heavy (non-hydrogen) atoms. The molecule has 0 saturated carbocycles. The van der Waals surface area contributed by atoms with Gasteiger partial charge in [-0.2, -0.15) is 5.26 Å². The van der Waals surface area contributed by atoms with Crippen molar-refractivity contribution in [2.24, 2.45) is 11.7 Å². The fourth-order valence-corrected chi connectivity index (χ4v) is 2.87. The minimum atomic E-state index is 0.0508. The van der Waals surface area contributed by atoms with E-state index in [4.69, 9.17) is 22.7 Å². The summed E-state index contributed by atoms with van der Waals surface area (Å²) in [4.78, 5) is 9.01. The third-order valence-corrected chi connectivity index (χ3v) is 4.59. The summed E-state index contributed by atoms with van der Waals surface area (Å²) in [6, 6.07) is 9.50. The summed E-state index contributed by atoms with van der Waals surface area (Å²) in [6.07, 6.45) is 0. The summed E-state index contributed by atoms with van der Waals surface area (Å²) in [5.74, 6) is 2.39. The van der Waals surface area contributed by atoms with E-state index in [-0.39, 0.29) is 5.11 Å². The molecular formula is C17H20N6OS2. The highest BCUT2D eigenvalue weighted by atomic mass is 32.2. The van der Waals surface area contributed by atoms with E-state index in [2.05, 4.69) is 40.7 Å². The molecule has 9 heteroatoms. The highest BCUT2D eigenvalue weighted by molar-refractivity contribution is 7.99. The molecule has 1 aromatic heterocycles. The molecule has 1 aromatic carbocycles. The van der Waals surface area contributed by atoms with Crippen LogP contribution in [-0.4, -0.2) is 27.9 Å². The fourth-order valence-electron chi connectivity index (χ4n) is 2.02. The van der Waals surface area contributed by atoms with Crippen molar-refractivity contribution in [1.82, 2.24) is 15.4 Å². The van der Waals surface area contributed by atoms with Gasteiger partial charge >= 0.3 is 0 Å². The fraction of sp³-hybridized carbons (Fsp3) is 0.294. The standard InChI is InChI=1S/C17H20N6OS2/c1-10(2)9-26-17-20-14(11-4-6-12(24-3)7-5-11)13(8-18)15(21-17)22-23-16(19)25/h4-7,10H,9H2,1-3H3,(H3,19,23,25)(H,20,21,22). The summed E-state index contributed by atoms with van der Waals surface area (Å²) in [5, 5.41) is 10.3. The molecule has 0 unspecified atom stereocenters. The van der Waals surface area contributed by atoms with Gasteiger partial charge in [0.25, 0.3) is 0 Å². The van der Waals surface area contributed by atoms with Gasteiger partial charge in [-0.25, -0.2) is 9.97 Å². The minimum Gasteiger partial charge on any atom is -0.497 e. The zero-order chi connectivity index (χ0) is 19.1. The molecule has 2 rings (SSSR count). The lowest BCUT2D eigenvalue weighted by atomic mass is 10.1. The topological polar surface area (TPSA) is 109 Å². The number of thiocarbonyl (C=S) groups is 1. The maximum Gasteiger partial charge on any atom is 0.190 e. The van der Waals surface area contributed by atoms with Crippen molar-refractivity contribution in [1.29, 1.82) is 5.26 Å². The van der Waals surface area contributed by atoms with E-state index < -0.39 is 0 Å². The average Bonchev–Trinajstić information content (AvgIpc) is 2.64. The molecule has 0 fully saturated rings. The molecule has 0 bridgehead atoms. The Kier molecular flexibility index (Phi) is 7.00. The van der Waals surface area contributed by atoms with Gasteiger partial charge in [0.15, 0.2) is 16.1 Å². The van der Waals surface area contributed by atoms with E-state index in [0.29, 0.717) is 28.1 Å². The Balaban J connectivity index is 2.50. The molecular weight excluding hydrogens is 368 g/mol. The number of rotatable bonds is 7. The lowest BCUT2D eigenvalue weighted by Gasteiger charge is -2.14. The van der Waals surface area contributed by atoms with E-state index in [9.17, 15) is 5.26 Å². The van der Waals surface area contributed by atoms with Gasteiger partial charge in [0, 0.05) is 11.3 Å². The van der Waals surface area contributed by atoms with Crippen molar-refractivity contribution < 1.29 is 4.74 Å². The van der Waals surface area contributed by atoms with Gasteiger partial charge in [-0.05, 0) is 42.4 Å². The smallest absolute Gasteiger partial charge is 0.190 e. The van der Waals surface area contributed by atoms with E-state index >= 15 is 0 Å². The Hall–Kier alpha value is -2.57. The predicted molar refractivity (Wildman–Crippen MR) is 108 cm³/mol. The zero-order valence-electron chi connectivity index (χ0n) is 14.7. The Morgan fingerprint density at radius 1 is 1.35 bits per heavy atom. The number of hydrazine groups is 1. The third-order valence-electron chi connectivity index (χ3n) is 3.21.